The molecule has 1 aromatic carbocycles. The Hall–Kier alpha value is -1.43. The molecule has 106 valence electrons. The van der Waals surface area contributed by atoms with Crippen molar-refractivity contribution in [1.82, 2.24) is 4.98 Å². The zero-order valence-electron chi connectivity index (χ0n) is 11.1. The van der Waals surface area contributed by atoms with Crippen molar-refractivity contribution in [2.24, 2.45) is 11.7 Å². The quantitative estimate of drug-likeness (QED) is 0.892. The minimum atomic E-state index is -0.217. The van der Waals surface area contributed by atoms with E-state index in [4.69, 9.17) is 17.3 Å². The van der Waals surface area contributed by atoms with Crippen LogP contribution in [-0.2, 0) is 11.2 Å². The lowest BCUT2D eigenvalue weighted by atomic mass is 10.1. The fraction of sp³-hybridized carbons (Fsp3) is 0.286. The van der Waals surface area contributed by atoms with Gasteiger partial charge in [0.15, 0.2) is 5.13 Å². The number of carbonyl (C=O) groups excluding carboxylic acids is 1. The molecule has 6 heteroatoms. The molecule has 1 unspecified atom stereocenters. The van der Waals surface area contributed by atoms with Crippen LogP contribution in [0.2, 0.25) is 5.02 Å². The van der Waals surface area contributed by atoms with E-state index in [1.165, 1.54) is 11.3 Å². The average molecular weight is 310 g/mol. The van der Waals surface area contributed by atoms with Gasteiger partial charge in [-0.25, -0.2) is 4.98 Å². The van der Waals surface area contributed by atoms with Gasteiger partial charge in [0.25, 0.3) is 0 Å². The Bertz CT molecular complexity index is 600. The summed E-state index contributed by atoms with van der Waals surface area (Å²) >= 11 is 7.58. The standard InChI is InChI=1S/C14H16ClN3OS/c1-9(7-16)13(19)18-14-17-8-11(20-14)6-10-4-2-3-5-12(10)15/h2-5,8-9H,6-7,16H2,1H3,(H,17,18,19). The molecule has 0 spiro atoms. The Balaban J connectivity index is 2.03. The maximum Gasteiger partial charge on any atom is 0.230 e. The van der Waals surface area contributed by atoms with Gasteiger partial charge in [0, 0.05) is 35.0 Å². The summed E-state index contributed by atoms with van der Waals surface area (Å²) in [6.07, 6.45) is 2.47. The molecule has 0 aliphatic rings. The minimum absolute atomic E-state index is 0.105. The molecule has 0 radical (unpaired) electrons. The molecule has 0 aliphatic carbocycles. The Morgan fingerprint density at radius 3 is 2.95 bits per heavy atom. The molecule has 1 aromatic heterocycles. The Morgan fingerprint density at radius 1 is 1.50 bits per heavy atom. The van der Waals surface area contributed by atoms with Crippen LogP contribution < -0.4 is 11.1 Å². The van der Waals surface area contributed by atoms with Crippen molar-refractivity contribution in [2.75, 3.05) is 11.9 Å². The highest BCUT2D eigenvalue weighted by Crippen LogP contribution is 2.24. The average Bonchev–Trinajstić information content (AvgIpc) is 2.87. The largest absolute Gasteiger partial charge is 0.330 e. The molecular weight excluding hydrogens is 294 g/mol. The van der Waals surface area contributed by atoms with Crippen LogP contribution in [0.25, 0.3) is 0 Å². The van der Waals surface area contributed by atoms with Crippen molar-refractivity contribution >= 4 is 34.0 Å². The molecule has 0 bridgehead atoms. The van der Waals surface area contributed by atoms with Crippen LogP contribution in [0, 0.1) is 5.92 Å². The first-order chi connectivity index (χ1) is 9.60. The number of amides is 1. The van der Waals surface area contributed by atoms with Gasteiger partial charge in [-0.15, -0.1) is 11.3 Å². The number of aromatic nitrogens is 1. The fourth-order valence-corrected chi connectivity index (χ4v) is 2.65. The second-order valence-electron chi connectivity index (χ2n) is 4.53. The Morgan fingerprint density at radius 2 is 2.25 bits per heavy atom. The van der Waals surface area contributed by atoms with Crippen LogP contribution >= 0.6 is 22.9 Å². The van der Waals surface area contributed by atoms with Crippen molar-refractivity contribution in [2.45, 2.75) is 13.3 Å². The fourth-order valence-electron chi connectivity index (χ4n) is 1.61. The van der Waals surface area contributed by atoms with Crippen molar-refractivity contribution in [3.05, 3.63) is 45.9 Å². The summed E-state index contributed by atoms with van der Waals surface area (Å²) < 4.78 is 0. The molecular formula is C14H16ClN3OS. The maximum atomic E-state index is 11.7. The maximum absolute atomic E-state index is 11.7. The molecule has 20 heavy (non-hydrogen) atoms. The summed E-state index contributed by atoms with van der Waals surface area (Å²) in [5.74, 6) is -0.322. The van der Waals surface area contributed by atoms with Crippen LogP contribution in [-0.4, -0.2) is 17.4 Å². The van der Waals surface area contributed by atoms with Crippen LogP contribution in [0.5, 0.6) is 0 Å². The van der Waals surface area contributed by atoms with E-state index in [1.54, 1.807) is 13.1 Å². The van der Waals surface area contributed by atoms with Gasteiger partial charge in [0.2, 0.25) is 5.91 Å². The van der Waals surface area contributed by atoms with E-state index in [0.29, 0.717) is 18.1 Å². The van der Waals surface area contributed by atoms with Gasteiger partial charge in [-0.2, -0.15) is 0 Å². The first kappa shape index (κ1) is 15.0. The van der Waals surface area contributed by atoms with Gasteiger partial charge >= 0.3 is 0 Å². The summed E-state index contributed by atoms with van der Waals surface area (Å²) in [7, 11) is 0. The second kappa shape index (κ2) is 6.83. The lowest BCUT2D eigenvalue weighted by molar-refractivity contribution is -0.119. The molecule has 1 amide bonds. The summed E-state index contributed by atoms with van der Waals surface area (Å²) in [4.78, 5) is 17.0. The third-order valence-corrected chi connectivity index (χ3v) is 4.19. The highest BCUT2D eigenvalue weighted by Gasteiger charge is 2.13. The van der Waals surface area contributed by atoms with Gasteiger partial charge < -0.3 is 11.1 Å². The molecule has 0 saturated carbocycles. The monoisotopic (exact) mass is 309 g/mol. The minimum Gasteiger partial charge on any atom is -0.330 e. The van der Waals surface area contributed by atoms with E-state index in [1.807, 2.05) is 24.3 Å². The molecule has 0 fully saturated rings. The van der Waals surface area contributed by atoms with E-state index < -0.39 is 0 Å². The molecule has 2 rings (SSSR count). The van der Waals surface area contributed by atoms with Gasteiger partial charge in [-0.05, 0) is 11.6 Å². The summed E-state index contributed by atoms with van der Waals surface area (Å²) in [5.41, 5.74) is 6.51. The number of nitrogens with one attached hydrogen (secondary N) is 1. The Kier molecular flexibility index (Phi) is 5.11. The number of rotatable bonds is 5. The third kappa shape index (κ3) is 3.79. The number of benzene rings is 1. The lowest BCUT2D eigenvalue weighted by Gasteiger charge is -2.06. The highest BCUT2D eigenvalue weighted by atomic mass is 35.5. The van der Waals surface area contributed by atoms with Gasteiger partial charge in [0.1, 0.15) is 0 Å². The predicted molar refractivity (Wildman–Crippen MR) is 83.2 cm³/mol. The molecule has 4 nitrogen and oxygen atoms in total. The SMILES string of the molecule is CC(CN)C(=O)Nc1ncc(Cc2ccccc2Cl)s1. The Labute approximate surface area is 127 Å². The van der Waals surface area contributed by atoms with E-state index in [-0.39, 0.29) is 11.8 Å². The number of anilines is 1. The summed E-state index contributed by atoms with van der Waals surface area (Å²) in [5, 5.41) is 4.10. The van der Waals surface area contributed by atoms with Crippen LogP contribution in [0.4, 0.5) is 5.13 Å². The number of hydrogen-bond donors (Lipinski definition) is 2. The van der Waals surface area contributed by atoms with Crippen molar-refractivity contribution < 1.29 is 4.79 Å². The zero-order valence-corrected chi connectivity index (χ0v) is 12.7. The molecule has 2 aromatic rings. The molecule has 0 saturated heterocycles. The molecule has 1 atom stereocenters. The lowest BCUT2D eigenvalue weighted by Crippen LogP contribution is -2.26. The summed E-state index contributed by atoms with van der Waals surface area (Å²) in [6.45, 7) is 2.11. The van der Waals surface area contributed by atoms with Crippen LogP contribution in [0.15, 0.2) is 30.5 Å². The number of hydrogen-bond acceptors (Lipinski definition) is 4. The summed E-state index contributed by atoms with van der Waals surface area (Å²) in [6, 6.07) is 7.70. The zero-order chi connectivity index (χ0) is 14.5. The van der Waals surface area contributed by atoms with Gasteiger partial charge in [-0.3, -0.25) is 4.79 Å². The molecule has 3 N–H and O–H groups in total. The normalized spacial score (nSPS) is 12.2. The number of thiazole rings is 1. The predicted octanol–water partition coefficient (Wildman–Crippen LogP) is 2.92. The first-order valence-electron chi connectivity index (χ1n) is 6.29. The van der Waals surface area contributed by atoms with Gasteiger partial charge in [-0.1, -0.05) is 36.7 Å². The smallest absolute Gasteiger partial charge is 0.230 e. The highest BCUT2D eigenvalue weighted by molar-refractivity contribution is 7.15. The van der Waals surface area contributed by atoms with E-state index >= 15 is 0 Å². The van der Waals surface area contributed by atoms with Crippen LogP contribution in [0.3, 0.4) is 0 Å². The number of halogens is 1. The van der Waals surface area contributed by atoms with E-state index in [2.05, 4.69) is 10.3 Å². The van der Waals surface area contributed by atoms with Gasteiger partial charge in [0.05, 0.1) is 0 Å². The molecule has 1 heterocycles. The van der Waals surface area contributed by atoms with Crippen LogP contribution in [0.1, 0.15) is 17.4 Å². The number of nitrogens with zero attached hydrogens (tertiary/aromatic N) is 1. The number of carbonyl (C=O) groups is 1. The number of nitrogens with two attached hydrogens (primary N) is 1. The van der Waals surface area contributed by atoms with Crippen molar-refractivity contribution in [3.63, 3.8) is 0 Å². The third-order valence-electron chi connectivity index (χ3n) is 2.91. The van der Waals surface area contributed by atoms with E-state index in [0.717, 1.165) is 15.5 Å². The van der Waals surface area contributed by atoms with Crippen molar-refractivity contribution in [3.8, 4) is 0 Å². The second-order valence-corrected chi connectivity index (χ2v) is 6.05. The topological polar surface area (TPSA) is 68.0 Å². The molecule has 0 aliphatic heterocycles. The van der Waals surface area contributed by atoms with Crippen molar-refractivity contribution in [1.29, 1.82) is 0 Å². The van der Waals surface area contributed by atoms with E-state index in [9.17, 15) is 4.79 Å². The first-order valence-corrected chi connectivity index (χ1v) is 7.48.